The Morgan fingerprint density at radius 1 is 1.20 bits per heavy atom. The summed E-state index contributed by atoms with van der Waals surface area (Å²) in [5, 5.41) is 7.22. The second-order valence-corrected chi connectivity index (χ2v) is 6.05. The van der Waals surface area contributed by atoms with E-state index in [2.05, 4.69) is 24.5 Å². The van der Waals surface area contributed by atoms with E-state index in [9.17, 15) is 0 Å². The lowest BCUT2D eigenvalue weighted by molar-refractivity contribution is 0.147. The summed E-state index contributed by atoms with van der Waals surface area (Å²) in [7, 11) is 0. The maximum atomic E-state index is 3.72. The minimum absolute atomic E-state index is 0.556. The molecule has 1 atom stereocenters. The summed E-state index contributed by atoms with van der Waals surface area (Å²) in [6.45, 7) is 9.63. The minimum Gasteiger partial charge on any atom is -0.316 e. The highest BCUT2D eigenvalue weighted by Gasteiger charge is 2.34. The van der Waals surface area contributed by atoms with E-state index < -0.39 is 0 Å². The predicted octanol–water partition coefficient (Wildman–Crippen LogP) is 2.16. The topological polar surface area (TPSA) is 24.1 Å². The molecule has 0 aromatic carbocycles. The molecule has 0 radical (unpaired) electrons. The first-order chi connectivity index (χ1) is 7.18. The van der Waals surface area contributed by atoms with Crippen molar-refractivity contribution < 1.29 is 0 Å². The van der Waals surface area contributed by atoms with E-state index >= 15 is 0 Å². The maximum Gasteiger partial charge on any atom is 0.00206 e. The molecule has 0 amide bonds. The first-order valence-electron chi connectivity index (χ1n) is 6.60. The van der Waals surface area contributed by atoms with Gasteiger partial charge in [-0.05, 0) is 43.1 Å². The first kappa shape index (κ1) is 11.4. The molecule has 2 rings (SSSR count). The molecule has 1 saturated carbocycles. The molecule has 2 heteroatoms. The second-order valence-electron chi connectivity index (χ2n) is 6.05. The molecule has 0 bridgehead atoms. The van der Waals surface area contributed by atoms with Gasteiger partial charge in [0.25, 0.3) is 0 Å². The first-order valence-corrected chi connectivity index (χ1v) is 6.60. The number of hydrogen-bond acceptors (Lipinski definition) is 2. The zero-order valence-electron chi connectivity index (χ0n) is 10.4. The van der Waals surface area contributed by atoms with Gasteiger partial charge in [-0.25, -0.2) is 0 Å². The van der Waals surface area contributed by atoms with Crippen molar-refractivity contribution in [2.24, 2.45) is 10.8 Å². The van der Waals surface area contributed by atoms with Crippen LogP contribution in [0.2, 0.25) is 0 Å². The van der Waals surface area contributed by atoms with E-state index in [0.717, 1.165) is 0 Å². The Labute approximate surface area is 94.2 Å². The van der Waals surface area contributed by atoms with Gasteiger partial charge >= 0.3 is 0 Å². The SMILES string of the molecule is CCC1(CNCC2(C)CCC2)CCNC1. The Morgan fingerprint density at radius 2 is 2.00 bits per heavy atom. The van der Waals surface area contributed by atoms with Gasteiger partial charge in [0.15, 0.2) is 0 Å². The van der Waals surface area contributed by atoms with Gasteiger partial charge < -0.3 is 10.6 Å². The van der Waals surface area contributed by atoms with Crippen molar-refractivity contribution in [3.63, 3.8) is 0 Å². The molecule has 0 spiro atoms. The number of nitrogens with one attached hydrogen (secondary N) is 2. The van der Waals surface area contributed by atoms with Crippen LogP contribution in [-0.2, 0) is 0 Å². The van der Waals surface area contributed by atoms with Gasteiger partial charge in [0, 0.05) is 19.6 Å². The van der Waals surface area contributed by atoms with Gasteiger partial charge in [-0.2, -0.15) is 0 Å². The van der Waals surface area contributed by atoms with E-state index in [1.54, 1.807) is 0 Å². The zero-order chi connectivity index (χ0) is 10.8. The van der Waals surface area contributed by atoms with Gasteiger partial charge in [-0.15, -0.1) is 0 Å². The molecule has 88 valence electrons. The summed E-state index contributed by atoms with van der Waals surface area (Å²) >= 11 is 0. The molecule has 0 aromatic heterocycles. The normalized spacial score (nSPS) is 34.0. The fourth-order valence-corrected chi connectivity index (χ4v) is 2.96. The molecular weight excluding hydrogens is 184 g/mol. The van der Waals surface area contributed by atoms with Crippen LogP contribution >= 0.6 is 0 Å². The van der Waals surface area contributed by atoms with E-state index in [-0.39, 0.29) is 0 Å². The second kappa shape index (κ2) is 4.42. The standard InChI is InChI=1S/C13H26N2/c1-3-13(7-8-14-10-13)11-15-9-12(2)5-4-6-12/h14-15H,3-11H2,1-2H3. The minimum atomic E-state index is 0.556. The summed E-state index contributed by atoms with van der Waals surface area (Å²) in [5.74, 6) is 0. The summed E-state index contributed by atoms with van der Waals surface area (Å²) in [5.41, 5.74) is 1.18. The molecule has 15 heavy (non-hydrogen) atoms. The zero-order valence-corrected chi connectivity index (χ0v) is 10.4. The van der Waals surface area contributed by atoms with E-state index in [1.807, 2.05) is 0 Å². The van der Waals surface area contributed by atoms with Crippen molar-refractivity contribution in [3.05, 3.63) is 0 Å². The molecule has 2 nitrogen and oxygen atoms in total. The lowest BCUT2D eigenvalue weighted by Crippen LogP contribution is -2.43. The molecule has 2 N–H and O–H groups in total. The Hall–Kier alpha value is -0.0800. The van der Waals surface area contributed by atoms with E-state index in [4.69, 9.17) is 0 Å². The molecule has 1 saturated heterocycles. The maximum absolute atomic E-state index is 3.72. The summed E-state index contributed by atoms with van der Waals surface area (Å²) in [6, 6.07) is 0. The van der Waals surface area contributed by atoms with Gasteiger partial charge in [0.2, 0.25) is 0 Å². The predicted molar refractivity (Wildman–Crippen MR) is 65.0 cm³/mol. The summed E-state index contributed by atoms with van der Waals surface area (Å²) in [6.07, 6.45) is 6.96. The average molecular weight is 210 g/mol. The largest absolute Gasteiger partial charge is 0.316 e. The van der Waals surface area contributed by atoms with Crippen molar-refractivity contribution in [1.82, 2.24) is 10.6 Å². The lowest BCUT2D eigenvalue weighted by atomic mass is 9.70. The van der Waals surface area contributed by atoms with Crippen molar-refractivity contribution >= 4 is 0 Å². The van der Waals surface area contributed by atoms with Crippen molar-refractivity contribution in [2.45, 2.75) is 46.0 Å². The summed E-state index contributed by atoms with van der Waals surface area (Å²) in [4.78, 5) is 0. The molecule has 1 aliphatic heterocycles. The third-order valence-corrected chi connectivity index (χ3v) is 4.69. The Balaban J connectivity index is 1.71. The van der Waals surface area contributed by atoms with Gasteiger partial charge in [0.05, 0.1) is 0 Å². The smallest absolute Gasteiger partial charge is 0.00206 e. The molecule has 0 aromatic rings. The van der Waals surface area contributed by atoms with Crippen LogP contribution in [0.15, 0.2) is 0 Å². The molecule has 1 unspecified atom stereocenters. The van der Waals surface area contributed by atoms with Crippen molar-refractivity contribution in [3.8, 4) is 0 Å². The van der Waals surface area contributed by atoms with Crippen LogP contribution in [0.5, 0.6) is 0 Å². The molecule has 2 aliphatic rings. The summed E-state index contributed by atoms with van der Waals surface area (Å²) < 4.78 is 0. The highest BCUT2D eigenvalue weighted by Crippen LogP contribution is 2.39. The number of hydrogen-bond donors (Lipinski definition) is 2. The van der Waals surface area contributed by atoms with Crippen LogP contribution in [0.3, 0.4) is 0 Å². The Kier molecular flexibility index (Phi) is 3.36. The van der Waals surface area contributed by atoms with Gasteiger partial charge in [0.1, 0.15) is 0 Å². The van der Waals surface area contributed by atoms with Gasteiger partial charge in [-0.3, -0.25) is 0 Å². The molecule has 1 heterocycles. The molecule has 2 fully saturated rings. The third kappa shape index (κ3) is 2.54. The van der Waals surface area contributed by atoms with Crippen LogP contribution < -0.4 is 10.6 Å². The molecular formula is C13H26N2. The van der Waals surface area contributed by atoms with Crippen LogP contribution in [-0.4, -0.2) is 26.2 Å². The van der Waals surface area contributed by atoms with Crippen LogP contribution in [0.4, 0.5) is 0 Å². The Morgan fingerprint density at radius 3 is 2.47 bits per heavy atom. The fraction of sp³-hybridized carbons (Fsp3) is 1.00. The van der Waals surface area contributed by atoms with Gasteiger partial charge in [-0.1, -0.05) is 20.3 Å². The Bertz CT molecular complexity index is 203. The third-order valence-electron chi connectivity index (χ3n) is 4.69. The average Bonchev–Trinajstić information content (AvgIpc) is 2.65. The van der Waals surface area contributed by atoms with Crippen LogP contribution in [0.1, 0.15) is 46.0 Å². The highest BCUT2D eigenvalue weighted by atomic mass is 15.0. The monoisotopic (exact) mass is 210 g/mol. The highest BCUT2D eigenvalue weighted by molar-refractivity contribution is 4.91. The van der Waals surface area contributed by atoms with Crippen molar-refractivity contribution in [2.75, 3.05) is 26.2 Å². The quantitative estimate of drug-likeness (QED) is 0.726. The van der Waals surface area contributed by atoms with Crippen LogP contribution in [0, 0.1) is 10.8 Å². The molecule has 1 aliphatic carbocycles. The van der Waals surface area contributed by atoms with Crippen molar-refractivity contribution in [1.29, 1.82) is 0 Å². The van der Waals surface area contributed by atoms with Crippen LogP contribution in [0.25, 0.3) is 0 Å². The van der Waals surface area contributed by atoms with E-state index in [0.29, 0.717) is 10.8 Å². The fourth-order valence-electron chi connectivity index (χ4n) is 2.96. The van der Waals surface area contributed by atoms with E-state index in [1.165, 1.54) is 58.3 Å². The number of rotatable bonds is 5. The lowest BCUT2D eigenvalue weighted by Gasteiger charge is -2.40.